The van der Waals surface area contributed by atoms with Crippen molar-refractivity contribution in [1.82, 2.24) is 5.32 Å². The van der Waals surface area contributed by atoms with Crippen LogP contribution in [0.5, 0.6) is 5.75 Å². The van der Waals surface area contributed by atoms with E-state index in [4.69, 9.17) is 4.74 Å². The van der Waals surface area contributed by atoms with Gasteiger partial charge in [0.2, 0.25) is 0 Å². The van der Waals surface area contributed by atoms with E-state index in [9.17, 15) is 14.4 Å². The van der Waals surface area contributed by atoms with Crippen molar-refractivity contribution in [3.63, 3.8) is 0 Å². The summed E-state index contributed by atoms with van der Waals surface area (Å²) in [5.41, 5.74) is 0.0329. The highest BCUT2D eigenvalue weighted by Crippen LogP contribution is 2.39. The van der Waals surface area contributed by atoms with E-state index in [0.717, 1.165) is 29.8 Å². The molecule has 0 radical (unpaired) electrons. The van der Waals surface area contributed by atoms with Crippen LogP contribution in [-0.4, -0.2) is 31.6 Å². The first-order valence-electron chi connectivity index (χ1n) is 8.30. The Morgan fingerprint density at radius 1 is 1.54 bits per heavy atom. The van der Waals surface area contributed by atoms with Gasteiger partial charge in [-0.05, 0) is 50.8 Å². The molecule has 6 heteroatoms. The van der Waals surface area contributed by atoms with Gasteiger partial charge < -0.3 is 15.0 Å². The molecule has 0 aromatic heterocycles. The second-order valence-corrected chi connectivity index (χ2v) is 6.56. The normalized spacial score (nSPS) is 17.5. The number of benzene rings is 1. The fourth-order valence-corrected chi connectivity index (χ4v) is 2.86. The minimum absolute atomic E-state index is 0.142. The van der Waals surface area contributed by atoms with Gasteiger partial charge in [-0.25, -0.2) is 4.39 Å². The van der Waals surface area contributed by atoms with Crippen molar-refractivity contribution in [3.05, 3.63) is 29.6 Å². The molecule has 5 nitrogen and oxygen atoms in total. The van der Waals surface area contributed by atoms with Gasteiger partial charge in [-0.15, -0.1) is 0 Å². The third-order valence-electron chi connectivity index (χ3n) is 4.61. The maximum absolute atomic E-state index is 13.8. The number of likely N-dealkylation sites (N-methyl/N-ethyl adjacent to an activating group) is 1. The van der Waals surface area contributed by atoms with Gasteiger partial charge in [0.15, 0.2) is 18.1 Å². The predicted molar refractivity (Wildman–Crippen MR) is 87.9 cm³/mol. The standard InChI is InChI=1S/C18H24FN3O2/c1-4-22(10-13-5-8-16(24-3)15(19)9-13)11-17(23)21-18(2,12-20)14-6-7-14/h5,8-9,14H,4,6-7,10-11H2,1-3H3,(H,21,23)/p+1/t18-/m1/s1. The molecule has 0 heterocycles. The van der Waals surface area contributed by atoms with E-state index in [1.807, 2.05) is 6.92 Å². The first-order valence-corrected chi connectivity index (χ1v) is 8.30. The van der Waals surface area contributed by atoms with Crippen molar-refractivity contribution in [2.75, 3.05) is 20.2 Å². The molecule has 2 atom stereocenters. The first kappa shape index (κ1) is 18.2. The summed E-state index contributed by atoms with van der Waals surface area (Å²) in [6, 6.07) is 7.07. The monoisotopic (exact) mass is 334 g/mol. The molecule has 1 aromatic rings. The summed E-state index contributed by atoms with van der Waals surface area (Å²) in [6.07, 6.45) is 1.97. The molecular weight excluding hydrogens is 309 g/mol. The smallest absolute Gasteiger partial charge is 0.276 e. The number of carbonyl (C=O) groups is 1. The maximum atomic E-state index is 13.8. The molecule has 1 aliphatic rings. The Hall–Kier alpha value is -2.13. The Balaban J connectivity index is 1.95. The number of ether oxygens (including phenoxy) is 1. The lowest BCUT2D eigenvalue weighted by molar-refractivity contribution is -0.904. The van der Waals surface area contributed by atoms with Crippen molar-refractivity contribution < 1.29 is 18.8 Å². The molecule has 0 spiro atoms. The van der Waals surface area contributed by atoms with Gasteiger partial charge in [-0.1, -0.05) is 0 Å². The van der Waals surface area contributed by atoms with Crippen molar-refractivity contribution in [1.29, 1.82) is 5.26 Å². The van der Waals surface area contributed by atoms with E-state index in [1.165, 1.54) is 13.2 Å². The van der Waals surface area contributed by atoms with E-state index in [-0.39, 0.29) is 24.1 Å². The topological polar surface area (TPSA) is 66.6 Å². The summed E-state index contributed by atoms with van der Waals surface area (Å²) in [6.45, 7) is 5.29. The molecule has 0 saturated heterocycles. The molecule has 2 rings (SSSR count). The Kier molecular flexibility index (Phi) is 5.79. The third kappa shape index (κ3) is 4.45. The minimum Gasteiger partial charge on any atom is -0.494 e. The van der Waals surface area contributed by atoms with E-state index in [2.05, 4.69) is 11.4 Å². The van der Waals surface area contributed by atoms with Gasteiger partial charge in [0, 0.05) is 5.56 Å². The predicted octanol–water partition coefficient (Wildman–Crippen LogP) is 1.05. The summed E-state index contributed by atoms with van der Waals surface area (Å²) in [5, 5.41) is 12.2. The zero-order valence-corrected chi connectivity index (χ0v) is 14.5. The quantitative estimate of drug-likeness (QED) is 0.747. The Bertz CT molecular complexity index is 640. The van der Waals surface area contributed by atoms with Crippen molar-refractivity contribution in [3.8, 4) is 11.8 Å². The molecule has 1 amide bonds. The van der Waals surface area contributed by atoms with Crippen LogP contribution in [0.4, 0.5) is 4.39 Å². The van der Waals surface area contributed by atoms with E-state index in [1.54, 1.807) is 19.1 Å². The number of quaternary nitrogens is 1. The summed E-state index contributed by atoms with van der Waals surface area (Å²) >= 11 is 0. The molecule has 24 heavy (non-hydrogen) atoms. The molecule has 130 valence electrons. The minimum atomic E-state index is -0.776. The Morgan fingerprint density at radius 2 is 2.25 bits per heavy atom. The summed E-state index contributed by atoms with van der Waals surface area (Å²) < 4.78 is 18.7. The van der Waals surface area contributed by atoms with Crippen LogP contribution in [0.3, 0.4) is 0 Å². The van der Waals surface area contributed by atoms with Crippen LogP contribution < -0.4 is 15.0 Å². The van der Waals surface area contributed by atoms with Crippen LogP contribution >= 0.6 is 0 Å². The fraction of sp³-hybridized carbons (Fsp3) is 0.556. The summed E-state index contributed by atoms with van der Waals surface area (Å²) in [7, 11) is 1.43. The largest absolute Gasteiger partial charge is 0.494 e. The lowest BCUT2D eigenvalue weighted by atomic mass is 9.98. The Morgan fingerprint density at radius 3 is 2.75 bits per heavy atom. The number of hydrogen-bond acceptors (Lipinski definition) is 3. The second-order valence-electron chi connectivity index (χ2n) is 6.56. The van der Waals surface area contributed by atoms with Crippen LogP contribution in [0.2, 0.25) is 0 Å². The highest BCUT2D eigenvalue weighted by Gasteiger charge is 2.43. The molecule has 2 N–H and O–H groups in total. The molecule has 1 fully saturated rings. The molecule has 1 unspecified atom stereocenters. The van der Waals surface area contributed by atoms with Crippen LogP contribution in [0.25, 0.3) is 0 Å². The lowest BCUT2D eigenvalue weighted by Crippen LogP contribution is -3.11. The fourth-order valence-electron chi connectivity index (χ4n) is 2.86. The van der Waals surface area contributed by atoms with Crippen LogP contribution in [0, 0.1) is 23.1 Å². The van der Waals surface area contributed by atoms with Crippen LogP contribution in [-0.2, 0) is 11.3 Å². The molecule has 0 bridgehead atoms. The van der Waals surface area contributed by atoms with Gasteiger partial charge in [-0.3, -0.25) is 4.79 Å². The lowest BCUT2D eigenvalue weighted by Gasteiger charge is -2.24. The van der Waals surface area contributed by atoms with E-state index in [0.29, 0.717) is 6.54 Å². The zero-order valence-electron chi connectivity index (χ0n) is 14.5. The average Bonchev–Trinajstić information content (AvgIpc) is 3.39. The highest BCUT2D eigenvalue weighted by molar-refractivity contribution is 5.78. The SMILES string of the molecule is CC[NH+](CC(=O)N[C@](C)(C#N)C1CC1)Cc1ccc(OC)c(F)c1. The van der Waals surface area contributed by atoms with Gasteiger partial charge in [0.25, 0.3) is 5.91 Å². The first-order chi connectivity index (χ1) is 11.4. The van der Waals surface area contributed by atoms with Gasteiger partial charge in [0.05, 0.1) is 19.7 Å². The molecule has 1 aliphatic carbocycles. The highest BCUT2D eigenvalue weighted by atomic mass is 19.1. The number of hydrogen-bond donors (Lipinski definition) is 2. The zero-order chi connectivity index (χ0) is 17.7. The second kappa shape index (κ2) is 7.63. The average molecular weight is 334 g/mol. The third-order valence-corrected chi connectivity index (χ3v) is 4.61. The van der Waals surface area contributed by atoms with Crippen LogP contribution in [0.15, 0.2) is 18.2 Å². The number of nitrogens with zero attached hydrogens (tertiary/aromatic N) is 1. The summed E-state index contributed by atoms with van der Waals surface area (Å²) in [4.78, 5) is 13.3. The van der Waals surface area contributed by atoms with Gasteiger partial charge >= 0.3 is 0 Å². The Labute approximate surface area is 142 Å². The maximum Gasteiger partial charge on any atom is 0.276 e. The van der Waals surface area contributed by atoms with Crippen molar-refractivity contribution >= 4 is 5.91 Å². The molecular formula is C18H25FN3O2+. The number of methoxy groups -OCH3 is 1. The molecule has 1 aromatic carbocycles. The number of halogens is 1. The number of nitriles is 1. The van der Waals surface area contributed by atoms with Crippen molar-refractivity contribution in [2.24, 2.45) is 5.92 Å². The number of amides is 1. The number of nitrogens with one attached hydrogen (secondary N) is 2. The molecule has 1 saturated carbocycles. The van der Waals surface area contributed by atoms with E-state index < -0.39 is 11.4 Å². The summed E-state index contributed by atoms with van der Waals surface area (Å²) in [5.74, 6) is -0.0755. The van der Waals surface area contributed by atoms with E-state index >= 15 is 0 Å². The van der Waals surface area contributed by atoms with Gasteiger partial charge in [0.1, 0.15) is 12.1 Å². The number of carbonyl (C=O) groups excluding carboxylic acids is 1. The molecule has 0 aliphatic heterocycles. The van der Waals surface area contributed by atoms with Crippen molar-refractivity contribution in [2.45, 2.75) is 38.8 Å². The van der Waals surface area contributed by atoms with Gasteiger partial charge in [-0.2, -0.15) is 5.26 Å². The number of rotatable bonds is 8. The van der Waals surface area contributed by atoms with Crippen LogP contribution in [0.1, 0.15) is 32.3 Å².